The Morgan fingerprint density at radius 1 is 1.00 bits per heavy atom. The second kappa shape index (κ2) is 9.80. The van der Waals surface area contributed by atoms with Crippen molar-refractivity contribution in [3.8, 4) is 5.75 Å². The van der Waals surface area contributed by atoms with Crippen LogP contribution in [0.15, 0.2) is 77.8 Å². The fourth-order valence-corrected chi connectivity index (χ4v) is 5.19. The highest BCUT2D eigenvalue weighted by atomic mass is 16.6. The lowest BCUT2D eigenvalue weighted by molar-refractivity contribution is -0.385. The van der Waals surface area contributed by atoms with E-state index in [0.717, 1.165) is 24.0 Å². The fraction of sp³-hybridized carbons (Fsp3) is 0.345. The lowest BCUT2D eigenvalue weighted by Gasteiger charge is -2.33. The maximum Gasteiger partial charge on any atom is 0.270 e. The molecule has 0 aliphatic heterocycles. The quantitative estimate of drug-likeness (QED) is 0.190. The number of benzene rings is 3. The predicted octanol–water partition coefficient (Wildman–Crippen LogP) is 6.90. The highest BCUT2D eigenvalue weighted by molar-refractivity contribution is 5.86. The zero-order valence-corrected chi connectivity index (χ0v) is 20.0. The molecule has 0 radical (unpaired) electrons. The summed E-state index contributed by atoms with van der Waals surface area (Å²) < 4.78 is 0. The Morgan fingerprint density at radius 2 is 1.59 bits per heavy atom. The molecule has 5 heteroatoms. The summed E-state index contributed by atoms with van der Waals surface area (Å²) in [6.45, 7) is 6.47. The maximum atomic E-state index is 11.9. The molecule has 3 unspecified atom stereocenters. The Morgan fingerprint density at radius 3 is 2.15 bits per heavy atom. The molecular formula is C29H32N2O3. The molecule has 3 aromatic rings. The Balaban J connectivity index is 1.89. The SMILES string of the molecule is CC1CCCC(N=Cc2cc([N+](=O)[O-])cc(C(C)(c3ccccc3)c3ccccc3)c2O)C1C. The minimum atomic E-state index is -0.798. The molecule has 0 saturated heterocycles. The van der Waals surface area contributed by atoms with E-state index in [1.54, 1.807) is 6.21 Å². The number of phenols is 1. The number of non-ortho nitro benzene ring substituents is 1. The van der Waals surface area contributed by atoms with Crippen molar-refractivity contribution in [2.75, 3.05) is 0 Å². The van der Waals surface area contributed by atoms with E-state index >= 15 is 0 Å². The third-order valence-electron chi connectivity index (χ3n) is 7.64. The molecule has 3 atom stereocenters. The Labute approximate surface area is 201 Å². The van der Waals surface area contributed by atoms with Gasteiger partial charge < -0.3 is 5.11 Å². The van der Waals surface area contributed by atoms with Gasteiger partial charge >= 0.3 is 0 Å². The molecule has 1 fully saturated rings. The van der Waals surface area contributed by atoms with E-state index in [1.807, 2.05) is 67.6 Å². The first-order chi connectivity index (χ1) is 16.3. The van der Waals surface area contributed by atoms with Gasteiger partial charge in [0.2, 0.25) is 0 Å². The van der Waals surface area contributed by atoms with E-state index in [1.165, 1.54) is 18.6 Å². The van der Waals surface area contributed by atoms with Crippen molar-refractivity contribution < 1.29 is 10.0 Å². The van der Waals surface area contributed by atoms with Crippen LogP contribution in [-0.4, -0.2) is 22.3 Å². The van der Waals surface area contributed by atoms with Gasteiger partial charge in [-0.15, -0.1) is 0 Å². The Bertz CT molecular complexity index is 1140. The number of aliphatic imine (C=N–C) groups is 1. The summed E-state index contributed by atoms with van der Waals surface area (Å²) in [4.78, 5) is 16.3. The number of rotatable bonds is 6. The van der Waals surface area contributed by atoms with Crippen molar-refractivity contribution in [2.24, 2.45) is 16.8 Å². The van der Waals surface area contributed by atoms with Crippen LogP contribution in [0.4, 0.5) is 5.69 Å². The van der Waals surface area contributed by atoms with Crippen molar-refractivity contribution in [1.82, 2.24) is 0 Å². The highest BCUT2D eigenvalue weighted by Gasteiger charge is 2.36. The van der Waals surface area contributed by atoms with Gasteiger partial charge in [-0.05, 0) is 36.3 Å². The van der Waals surface area contributed by atoms with Crippen LogP contribution < -0.4 is 0 Å². The topological polar surface area (TPSA) is 75.7 Å². The van der Waals surface area contributed by atoms with Gasteiger partial charge in [-0.25, -0.2) is 0 Å². The number of nitro groups is 1. The molecule has 0 spiro atoms. The van der Waals surface area contributed by atoms with E-state index in [4.69, 9.17) is 4.99 Å². The summed E-state index contributed by atoms with van der Waals surface area (Å²) in [5, 5.41) is 23.4. The second-order valence-electron chi connectivity index (χ2n) is 9.66. The summed E-state index contributed by atoms with van der Waals surface area (Å²) in [7, 11) is 0. The molecule has 34 heavy (non-hydrogen) atoms. The van der Waals surface area contributed by atoms with Crippen molar-refractivity contribution >= 4 is 11.9 Å². The maximum absolute atomic E-state index is 11.9. The van der Waals surface area contributed by atoms with Crippen LogP contribution in [0.5, 0.6) is 5.75 Å². The number of nitro benzene ring substituents is 1. The molecule has 1 N–H and O–H groups in total. The first-order valence-electron chi connectivity index (χ1n) is 12.0. The molecule has 1 saturated carbocycles. The Kier molecular flexibility index (Phi) is 6.82. The number of phenolic OH excluding ortho intramolecular Hbond substituents is 1. The third kappa shape index (κ3) is 4.47. The lowest BCUT2D eigenvalue weighted by atomic mass is 9.70. The average molecular weight is 457 g/mol. The van der Waals surface area contributed by atoms with E-state index in [9.17, 15) is 15.2 Å². The number of nitrogens with zero attached hydrogens (tertiary/aromatic N) is 2. The smallest absolute Gasteiger partial charge is 0.270 e. The molecule has 0 bridgehead atoms. The van der Waals surface area contributed by atoms with E-state index in [-0.39, 0.29) is 17.5 Å². The summed E-state index contributed by atoms with van der Waals surface area (Å²) in [5.41, 5.74) is 1.90. The van der Waals surface area contributed by atoms with Crippen LogP contribution in [0.1, 0.15) is 62.3 Å². The van der Waals surface area contributed by atoms with E-state index < -0.39 is 10.3 Å². The summed E-state index contributed by atoms with van der Waals surface area (Å²) >= 11 is 0. The largest absolute Gasteiger partial charge is 0.507 e. The number of aromatic hydroxyl groups is 1. The van der Waals surface area contributed by atoms with Crippen molar-refractivity contribution in [3.05, 3.63) is 105 Å². The average Bonchev–Trinajstić information content (AvgIpc) is 2.86. The molecule has 5 nitrogen and oxygen atoms in total. The summed E-state index contributed by atoms with van der Waals surface area (Å²) in [6.07, 6.45) is 4.96. The van der Waals surface area contributed by atoms with Crippen molar-refractivity contribution in [2.45, 2.75) is 51.5 Å². The van der Waals surface area contributed by atoms with Crippen LogP contribution in [0.25, 0.3) is 0 Å². The minimum absolute atomic E-state index is 0.0288. The van der Waals surface area contributed by atoms with Crippen LogP contribution in [0.2, 0.25) is 0 Å². The summed E-state index contributed by atoms with van der Waals surface area (Å²) in [5.74, 6) is 1.05. The fourth-order valence-electron chi connectivity index (χ4n) is 5.19. The zero-order chi connectivity index (χ0) is 24.3. The van der Waals surface area contributed by atoms with Crippen LogP contribution in [0, 0.1) is 22.0 Å². The molecule has 0 heterocycles. The second-order valence-corrected chi connectivity index (χ2v) is 9.66. The van der Waals surface area contributed by atoms with Crippen LogP contribution in [0.3, 0.4) is 0 Å². The van der Waals surface area contributed by atoms with Gasteiger partial charge in [-0.3, -0.25) is 15.1 Å². The van der Waals surface area contributed by atoms with Crippen molar-refractivity contribution in [1.29, 1.82) is 0 Å². The molecule has 1 aliphatic rings. The first-order valence-corrected chi connectivity index (χ1v) is 12.0. The van der Waals surface area contributed by atoms with Gasteiger partial charge in [0.15, 0.2) is 0 Å². The molecule has 0 amide bonds. The van der Waals surface area contributed by atoms with E-state index in [2.05, 4.69) is 13.8 Å². The van der Waals surface area contributed by atoms with Gasteiger partial charge in [-0.1, -0.05) is 87.4 Å². The number of hydrogen-bond donors (Lipinski definition) is 1. The Hall–Kier alpha value is -3.47. The molecule has 0 aromatic heterocycles. The summed E-state index contributed by atoms with van der Waals surface area (Å²) in [6, 6.07) is 22.7. The molecule has 3 aromatic carbocycles. The van der Waals surface area contributed by atoms with Gasteiger partial charge in [0.1, 0.15) is 5.75 Å². The molecule has 4 rings (SSSR count). The molecule has 176 valence electrons. The third-order valence-corrected chi connectivity index (χ3v) is 7.64. The molecular weight excluding hydrogens is 424 g/mol. The van der Waals surface area contributed by atoms with Crippen molar-refractivity contribution in [3.63, 3.8) is 0 Å². The zero-order valence-electron chi connectivity index (χ0n) is 20.0. The van der Waals surface area contributed by atoms with Crippen LogP contribution >= 0.6 is 0 Å². The van der Waals surface area contributed by atoms with Gasteiger partial charge in [0, 0.05) is 34.9 Å². The number of hydrogen-bond acceptors (Lipinski definition) is 4. The monoisotopic (exact) mass is 456 g/mol. The van der Waals surface area contributed by atoms with E-state index in [0.29, 0.717) is 23.0 Å². The minimum Gasteiger partial charge on any atom is -0.507 e. The lowest BCUT2D eigenvalue weighted by Crippen LogP contribution is -2.27. The van der Waals surface area contributed by atoms with Gasteiger partial charge in [-0.2, -0.15) is 0 Å². The first kappa shape index (κ1) is 23.7. The van der Waals surface area contributed by atoms with Gasteiger partial charge in [0.25, 0.3) is 5.69 Å². The predicted molar refractivity (Wildman–Crippen MR) is 137 cm³/mol. The molecule has 1 aliphatic carbocycles. The van der Waals surface area contributed by atoms with Crippen LogP contribution in [-0.2, 0) is 5.41 Å². The standard InChI is InChI=1S/C29H32N2O3/c1-20-11-10-16-27(21(20)2)30-19-22-17-25(31(33)34)18-26(28(22)32)29(3,23-12-6-4-7-13-23)24-14-8-5-9-15-24/h4-9,12-15,17-21,27,32H,10-11,16H2,1-3H3. The normalized spacial score (nSPS) is 21.0. The highest BCUT2D eigenvalue weighted by Crippen LogP contribution is 2.45. The van der Waals surface area contributed by atoms with Gasteiger partial charge in [0.05, 0.1) is 11.0 Å².